The lowest BCUT2D eigenvalue weighted by molar-refractivity contribution is -0.145. The van der Waals surface area contributed by atoms with E-state index in [2.05, 4.69) is 5.32 Å². The van der Waals surface area contributed by atoms with Gasteiger partial charge in [-0.3, -0.25) is 9.59 Å². The molecule has 2 N–H and O–H groups in total. The number of halogens is 1. The van der Waals surface area contributed by atoms with E-state index in [-0.39, 0.29) is 36.0 Å². The second-order valence-corrected chi connectivity index (χ2v) is 9.77. The second-order valence-electron chi connectivity index (χ2n) is 9.77. The fourth-order valence-electron chi connectivity index (χ4n) is 2.47. The number of nitrogens with one attached hydrogen (secondary N) is 1. The van der Waals surface area contributed by atoms with Gasteiger partial charge in [0.15, 0.2) is 11.5 Å². The Labute approximate surface area is 187 Å². The Hall–Kier alpha value is -1.63. The van der Waals surface area contributed by atoms with Crippen LogP contribution in [0.1, 0.15) is 80.4 Å². The molecule has 7 heteroatoms. The first-order valence-electron chi connectivity index (χ1n) is 10.2. The van der Waals surface area contributed by atoms with Gasteiger partial charge < -0.3 is 19.9 Å². The number of esters is 2. The average Bonchev–Trinajstić information content (AvgIpc) is 2.58. The number of aliphatic hydroxyl groups is 1. The van der Waals surface area contributed by atoms with Crippen molar-refractivity contribution in [3.8, 4) is 11.5 Å². The molecule has 0 aliphatic rings. The van der Waals surface area contributed by atoms with Crippen LogP contribution in [-0.4, -0.2) is 29.1 Å². The van der Waals surface area contributed by atoms with Gasteiger partial charge in [0, 0.05) is 12.1 Å². The van der Waals surface area contributed by atoms with Gasteiger partial charge in [0.25, 0.3) is 0 Å². The molecule has 0 amide bonds. The lowest BCUT2D eigenvalue weighted by atomic mass is 9.96. The molecule has 172 valence electrons. The number of carbonyl (C=O) groups is 2. The summed E-state index contributed by atoms with van der Waals surface area (Å²) in [6, 6.07) is 4.87. The van der Waals surface area contributed by atoms with Crippen molar-refractivity contribution in [2.24, 2.45) is 10.8 Å². The molecular weight excluding hydrogens is 406 g/mol. The molecule has 30 heavy (non-hydrogen) atoms. The number of aliphatic hydroxyl groups excluding tert-OH is 1. The van der Waals surface area contributed by atoms with Crippen LogP contribution in [0.2, 0.25) is 0 Å². The van der Waals surface area contributed by atoms with Crippen molar-refractivity contribution in [1.29, 1.82) is 0 Å². The molecule has 2 unspecified atom stereocenters. The van der Waals surface area contributed by atoms with Gasteiger partial charge in [-0.05, 0) is 65.7 Å². The third-order valence-corrected chi connectivity index (χ3v) is 4.31. The predicted octanol–water partition coefficient (Wildman–Crippen LogP) is 4.82. The van der Waals surface area contributed by atoms with Crippen LogP contribution in [0.3, 0.4) is 0 Å². The molecule has 0 aliphatic heterocycles. The minimum atomic E-state index is -0.804. The second kappa shape index (κ2) is 11.1. The summed E-state index contributed by atoms with van der Waals surface area (Å²) in [5, 5.41) is 14.2. The van der Waals surface area contributed by atoms with Crippen LogP contribution in [0.25, 0.3) is 0 Å². The summed E-state index contributed by atoms with van der Waals surface area (Å²) in [6.07, 6.45) is -0.0844. The highest BCUT2D eigenvalue weighted by atomic mass is 35.5. The van der Waals surface area contributed by atoms with Crippen LogP contribution in [-0.2, 0) is 9.59 Å². The van der Waals surface area contributed by atoms with Gasteiger partial charge in [0.1, 0.15) is 0 Å². The zero-order valence-electron chi connectivity index (χ0n) is 19.7. The van der Waals surface area contributed by atoms with E-state index in [4.69, 9.17) is 9.47 Å². The lowest BCUT2D eigenvalue weighted by Crippen LogP contribution is -2.38. The zero-order valence-corrected chi connectivity index (χ0v) is 20.5. The van der Waals surface area contributed by atoms with Crippen molar-refractivity contribution < 1.29 is 24.2 Å². The fourth-order valence-corrected chi connectivity index (χ4v) is 2.47. The van der Waals surface area contributed by atoms with Crippen LogP contribution >= 0.6 is 12.4 Å². The summed E-state index contributed by atoms with van der Waals surface area (Å²) < 4.78 is 11.1. The van der Waals surface area contributed by atoms with Gasteiger partial charge in [0.05, 0.1) is 16.9 Å². The minimum absolute atomic E-state index is 0. The van der Waals surface area contributed by atoms with Crippen molar-refractivity contribution in [2.45, 2.75) is 86.9 Å². The number of rotatable bonds is 7. The lowest BCUT2D eigenvalue weighted by Gasteiger charge is -2.26. The number of hydrogen-bond donors (Lipinski definition) is 2. The van der Waals surface area contributed by atoms with Crippen molar-refractivity contribution >= 4 is 24.3 Å². The summed E-state index contributed by atoms with van der Waals surface area (Å²) in [4.78, 5) is 24.8. The third-order valence-electron chi connectivity index (χ3n) is 4.31. The molecule has 0 aliphatic carbocycles. The fraction of sp³-hybridized carbons (Fsp3) is 0.652. The van der Waals surface area contributed by atoms with Gasteiger partial charge in [0.2, 0.25) is 0 Å². The monoisotopic (exact) mass is 443 g/mol. The smallest absolute Gasteiger partial charge is 0.316 e. The van der Waals surface area contributed by atoms with Crippen molar-refractivity contribution in [2.75, 3.05) is 0 Å². The minimum Gasteiger partial charge on any atom is -0.422 e. The molecule has 6 nitrogen and oxygen atoms in total. The summed E-state index contributed by atoms with van der Waals surface area (Å²) >= 11 is 0. The molecule has 0 fully saturated rings. The van der Waals surface area contributed by atoms with Crippen LogP contribution in [0.5, 0.6) is 11.5 Å². The molecule has 0 saturated carbocycles. The molecule has 1 aromatic rings. The van der Waals surface area contributed by atoms with Crippen LogP contribution in [0.15, 0.2) is 18.2 Å². The van der Waals surface area contributed by atoms with Gasteiger partial charge >= 0.3 is 11.9 Å². The normalized spacial score (nSPS) is 14.0. The Morgan fingerprint density at radius 3 is 1.83 bits per heavy atom. The largest absolute Gasteiger partial charge is 0.422 e. The number of carbonyl (C=O) groups excluding carboxylic acids is 2. The maximum absolute atomic E-state index is 12.4. The van der Waals surface area contributed by atoms with E-state index in [0.29, 0.717) is 5.56 Å². The molecule has 0 heterocycles. The highest BCUT2D eigenvalue weighted by molar-refractivity contribution is 5.85. The molecule has 0 aromatic heterocycles. The summed E-state index contributed by atoms with van der Waals surface area (Å²) in [6.45, 7) is 16.5. The van der Waals surface area contributed by atoms with E-state index >= 15 is 0 Å². The van der Waals surface area contributed by atoms with Crippen molar-refractivity contribution in [3.05, 3.63) is 23.8 Å². The maximum Gasteiger partial charge on any atom is 0.316 e. The Morgan fingerprint density at radius 1 is 0.967 bits per heavy atom. The first-order chi connectivity index (χ1) is 13.2. The van der Waals surface area contributed by atoms with E-state index in [1.807, 2.05) is 20.8 Å². The molecule has 0 bridgehead atoms. The van der Waals surface area contributed by atoms with Crippen LogP contribution < -0.4 is 14.8 Å². The molecule has 1 aromatic carbocycles. The molecule has 0 saturated heterocycles. The first-order valence-corrected chi connectivity index (χ1v) is 10.2. The average molecular weight is 444 g/mol. The molecule has 0 radical (unpaired) electrons. The highest BCUT2D eigenvalue weighted by Gasteiger charge is 2.29. The Balaban J connectivity index is 0.00000841. The Bertz CT molecular complexity index is 719. The van der Waals surface area contributed by atoms with Gasteiger partial charge in [-0.15, -0.1) is 12.4 Å². The Kier molecular flexibility index (Phi) is 10.5. The highest BCUT2D eigenvalue weighted by Crippen LogP contribution is 2.35. The third kappa shape index (κ3) is 8.25. The van der Waals surface area contributed by atoms with Gasteiger partial charge in [-0.2, -0.15) is 0 Å². The first kappa shape index (κ1) is 28.4. The van der Waals surface area contributed by atoms with Crippen molar-refractivity contribution in [1.82, 2.24) is 5.32 Å². The molecule has 2 atom stereocenters. The van der Waals surface area contributed by atoms with Crippen LogP contribution in [0.4, 0.5) is 0 Å². The Morgan fingerprint density at radius 2 is 1.43 bits per heavy atom. The SMILES string of the molecule is CCC(NC(C)C)C(O)c1ccc(OC(=O)C(C)(C)C)c(OC(=O)C(C)(C)C)c1.Cl. The van der Waals surface area contributed by atoms with E-state index < -0.39 is 28.9 Å². The van der Waals surface area contributed by atoms with E-state index in [9.17, 15) is 14.7 Å². The number of hydrogen-bond acceptors (Lipinski definition) is 6. The standard InChI is InChI=1S/C23H37NO5.ClH/c1-10-16(24-14(2)3)19(25)15-11-12-17(28-20(26)22(4,5)6)18(13-15)29-21(27)23(7,8)9;/h11-14,16,19,24-25H,10H2,1-9H3;1H. The van der Waals surface area contributed by atoms with Crippen molar-refractivity contribution in [3.63, 3.8) is 0 Å². The number of benzene rings is 1. The maximum atomic E-state index is 12.4. The van der Waals surface area contributed by atoms with E-state index in [1.165, 1.54) is 0 Å². The molecule has 0 spiro atoms. The zero-order chi connectivity index (χ0) is 22.6. The number of ether oxygens (including phenoxy) is 2. The summed E-state index contributed by atoms with van der Waals surface area (Å²) in [5.74, 6) is -0.613. The predicted molar refractivity (Wildman–Crippen MR) is 121 cm³/mol. The van der Waals surface area contributed by atoms with Gasteiger partial charge in [-0.25, -0.2) is 0 Å². The topological polar surface area (TPSA) is 84.9 Å². The quantitative estimate of drug-likeness (QED) is 0.464. The molecular formula is C23H38ClNO5. The summed E-state index contributed by atoms with van der Waals surface area (Å²) in [5.41, 5.74) is -0.861. The van der Waals surface area contributed by atoms with E-state index in [1.54, 1.807) is 59.7 Å². The van der Waals surface area contributed by atoms with Gasteiger partial charge in [-0.1, -0.05) is 26.8 Å². The van der Waals surface area contributed by atoms with E-state index in [0.717, 1.165) is 6.42 Å². The molecule has 1 rings (SSSR count). The summed E-state index contributed by atoms with van der Waals surface area (Å²) in [7, 11) is 0. The van der Waals surface area contributed by atoms with Crippen LogP contribution in [0, 0.1) is 10.8 Å².